The Balaban J connectivity index is 2.43. The Morgan fingerprint density at radius 3 is 3.09 bits per heavy atom. The lowest BCUT2D eigenvalue weighted by molar-refractivity contribution is 0.402. The van der Waals surface area contributed by atoms with Gasteiger partial charge in [-0.25, -0.2) is 0 Å². The number of rotatable bonds is 3. The Kier molecular flexibility index (Phi) is 2.89. The summed E-state index contributed by atoms with van der Waals surface area (Å²) in [6.07, 6.45) is 10.2. The maximum absolute atomic E-state index is 3.69. The molecule has 0 aromatic heterocycles. The van der Waals surface area contributed by atoms with E-state index in [4.69, 9.17) is 0 Å². The number of hydrogen-bond donors (Lipinski definition) is 1. The smallest absolute Gasteiger partial charge is 0.0338 e. The van der Waals surface area contributed by atoms with Crippen LogP contribution >= 0.6 is 0 Å². The van der Waals surface area contributed by atoms with E-state index in [0.717, 1.165) is 6.54 Å². The van der Waals surface area contributed by atoms with E-state index < -0.39 is 0 Å². The Labute approximate surface area is 69.2 Å². The molecule has 0 bridgehead atoms. The van der Waals surface area contributed by atoms with Crippen LogP contribution in [0.4, 0.5) is 0 Å². The summed E-state index contributed by atoms with van der Waals surface area (Å²) in [6.45, 7) is 6.84. The largest absolute Gasteiger partial charge is 0.305 e. The highest BCUT2D eigenvalue weighted by molar-refractivity contribution is 5.07. The van der Waals surface area contributed by atoms with Crippen LogP contribution in [0.2, 0.25) is 0 Å². The summed E-state index contributed by atoms with van der Waals surface area (Å²) in [5, 5.41) is 3.44. The van der Waals surface area contributed by atoms with Crippen molar-refractivity contribution in [1.82, 2.24) is 5.32 Å². The topological polar surface area (TPSA) is 12.0 Å². The van der Waals surface area contributed by atoms with Gasteiger partial charge in [0.1, 0.15) is 0 Å². The fourth-order valence-corrected chi connectivity index (χ4v) is 1.47. The van der Waals surface area contributed by atoms with E-state index in [2.05, 4.69) is 31.0 Å². The molecule has 1 atom stereocenters. The van der Waals surface area contributed by atoms with Crippen molar-refractivity contribution in [2.45, 2.75) is 31.7 Å². The van der Waals surface area contributed by atoms with Gasteiger partial charge in [-0.3, -0.25) is 0 Å². The first kappa shape index (κ1) is 8.54. The van der Waals surface area contributed by atoms with Crippen LogP contribution in [0, 0.1) is 0 Å². The summed E-state index contributed by atoms with van der Waals surface area (Å²) in [4.78, 5) is 0. The summed E-state index contributed by atoms with van der Waals surface area (Å²) in [5.74, 6) is 0. The van der Waals surface area contributed by atoms with E-state index in [1.165, 1.54) is 19.3 Å². The predicted octanol–water partition coefficient (Wildman–Crippen LogP) is 2.26. The van der Waals surface area contributed by atoms with E-state index in [9.17, 15) is 0 Å². The summed E-state index contributed by atoms with van der Waals surface area (Å²) < 4.78 is 0. The van der Waals surface area contributed by atoms with Gasteiger partial charge < -0.3 is 5.32 Å². The number of allylic oxidation sites excluding steroid dienone is 1. The van der Waals surface area contributed by atoms with Crippen LogP contribution in [0.1, 0.15) is 26.2 Å². The zero-order valence-corrected chi connectivity index (χ0v) is 7.27. The molecule has 0 aromatic carbocycles. The summed E-state index contributed by atoms with van der Waals surface area (Å²) in [5.41, 5.74) is 0.229. The van der Waals surface area contributed by atoms with E-state index in [1.54, 1.807) is 0 Å². The molecule has 0 aliphatic heterocycles. The normalized spacial score (nSPS) is 30.3. The van der Waals surface area contributed by atoms with Gasteiger partial charge in [0.05, 0.1) is 0 Å². The van der Waals surface area contributed by atoms with Crippen LogP contribution in [0.25, 0.3) is 0 Å². The van der Waals surface area contributed by atoms with Gasteiger partial charge in [0.15, 0.2) is 0 Å². The third-order valence-corrected chi connectivity index (χ3v) is 2.20. The molecule has 0 heterocycles. The second kappa shape index (κ2) is 3.72. The van der Waals surface area contributed by atoms with E-state index >= 15 is 0 Å². The van der Waals surface area contributed by atoms with Crippen molar-refractivity contribution in [2.75, 3.05) is 6.54 Å². The van der Waals surface area contributed by atoms with Crippen LogP contribution < -0.4 is 5.32 Å². The third-order valence-electron chi connectivity index (χ3n) is 2.20. The highest BCUT2D eigenvalue weighted by Gasteiger charge is 2.20. The maximum Gasteiger partial charge on any atom is 0.0338 e. The molecule has 1 rings (SSSR count). The van der Waals surface area contributed by atoms with Crippen molar-refractivity contribution in [3.05, 3.63) is 24.8 Å². The molecule has 1 nitrogen and oxygen atoms in total. The Morgan fingerprint density at radius 1 is 1.73 bits per heavy atom. The van der Waals surface area contributed by atoms with Crippen molar-refractivity contribution in [1.29, 1.82) is 0 Å². The van der Waals surface area contributed by atoms with Crippen molar-refractivity contribution < 1.29 is 0 Å². The molecule has 0 unspecified atom stereocenters. The van der Waals surface area contributed by atoms with Crippen molar-refractivity contribution in [3.8, 4) is 0 Å². The molecule has 0 aromatic rings. The molecule has 1 N–H and O–H groups in total. The lowest BCUT2D eigenvalue weighted by Gasteiger charge is -2.29. The minimum Gasteiger partial charge on any atom is -0.305 e. The molecular formula is C10H17N. The monoisotopic (exact) mass is 151 g/mol. The van der Waals surface area contributed by atoms with Gasteiger partial charge >= 0.3 is 0 Å². The van der Waals surface area contributed by atoms with E-state index in [1.807, 2.05) is 6.08 Å². The van der Waals surface area contributed by atoms with Gasteiger partial charge in [0, 0.05) is 12.1 Å². The second-order valence-corrected chi connectivity index (χ2v) is 3.38. The van der Waals surface area contributed by atoms with Gasteiger partial charge in [-0.2, -0.15) is 0 Å². The van der Waals surface area contributed by atoms with Gasteiger partial charge in [-0.05, 0) is 26.2 Å². The molecule has 0 radical (unpaired) electrons. The average Bonchev–Trinajstić information content (AvgIpc) is 2.03. The molecular weight excluding hydrogens is 134 g/mol. The quantitative estimate of drug-likeness (QED) is 0.610. The molecule has 62 valence electrons. The van der Waals surface area contributed by atoms with Crippen molar-refractivity contribution in [2.24, 2.45) is 0 Å². The van der Waals surface area contributed by atoms with Gasteiger partial charge in [0.25, 0.3) is 0 Å². The van der Waals surface area contributed by atoms with Gasteiger partial charge in [-0.15, -0.1) is 6.58 Å². The molecule has 1 aliphatic carbocycles. The first-order valence-corrected chi connectivity index (χ1v) is 4.30. The highest BCUT2D eigenvalue weighted by atomic mass is 14.9. The zero-order valence-electron chi connectivity index (χ0n) is 7.27. The lowest BCUT2D eigenvalue weighted by atomic mass is 9.89. The maximum atomic E-state index is 3.69. The Morgan fingerprint density at radius 2 is 2.55 bits per heavy atom. The summed E-state index contributed by atoms with van der Waals surface area (Å²) in [7, 11) is 0. The summed E-state index contributed by atoms with van der Waals surface area (Å²) >= 11 is 0. The fraction of sp³-hybridized carbons (Fsp3) is 0.600. The van der Waals surface area contributed by atoms with Crippen LogP contribution in [0.15, 0.2) is 24.8 Å². The lowest BCUT2D eigenvalue weighted by Crippen LogP contribution is -2.41. The molecule has 0 fully saturated rings. The number of hydrogen-bond acceptors (Lipinski definition) is 1. The van der Waals surface area contributed by atoms with Crippen LogP contribution in [-0.4, -0.2) is 12.1 Å². The van der Waals surface area contributed by atoms with E-state index in [0.29, 0.717) is 0 Å². The van der Waals surface area contributed by atoms with E-state index in [-0.39, 0.29) is 5.54 Å². The SMILES string of the molecule is C=CCN[C@]1(C)C=CCCC1. The Bertz CT molecular complexity index is 160. The van der Waals surface area contributed by atoms with Crippen LogP contribution in [-0.2, 0) is 0 Å². The van der Waals surface area contributed by atoms with Crippen molar-refractivity contribution >= 4 is 0 Å². The first-order chi connectivity index (χ1) is 5.27. The van der Waals surface area contributed by atoms with Crippen molar-refractivity contribution in [3.63, 3.8) is 0 Å². The van der Waals surface area contributed by atoms with Gasteiger partial charge in [0.2, 0.25) is 0 Å². The standard InChI is InChI=1S/C10H17N/c1-3-9-11-10(2)7-5-4-6-8-10/h3,5,7,11H,1,4,6,8-9H2,2H3/t10-/m1/s1. The average molecular weight is 151 g/mol. The first-order valence-electron chi connectivity index (χ1n) is 4.30. The molecule has 0 spiro atoms. The highest BCUT2D eigenvalue weighted by Crippen LogP contribution is 2.20. The summed E-state index contributed by atoms with van der Waals surface area (Å²) in [6, 6.07) is 0. The molecule has 1 aliphatic rings. The fourth-order valence-electron chi connectivity index (χ4n) is 1.47. The Hall–Kier alpha value is -0.560. The molecule has 0 amide bonds. The second-order valence-electron chi connectivity index (χ2n) is 3.38. The minimum atomic E-state index is 0.229. The zero-order chi connectivity index (χ0) is 8.16. The third kappa shape index (κ3) is 2.51. The predicted molar refractivity (Wildman–Crippen MR) is 49.6 cm³/mol. The molecule has 0 saturated carbocycles. The minimum absolute atomic E-state index is 0.229. The van der Waals surface area contributed by atoms with Crippen LogP contribution in [0.5, 0.6) is 0 Å². The van der Waals surface area contributed by atoms with Gasteiger partial charge in [-0.1, -0.05) is 18.2 Å². The van der Waals surface area contributed by atoms with Crippen LogP contribution in [0.3, 0.4) is 0 Å². The number of nitrogens with one attached hydrogen (secondary N) is 1. The molecule has 1 heteroatoms. The molecule has 11 heavy (non-hydrogen) atoms. The molecule has 0 saturated heterocycles.